The van der Waals surface area contributed by atoms with Gasteiger partial charge < -0.3 is 0 Å². The maximum Gasteiger partial charge on any atom is 0.234 e. The van der Waals surface area contributed by atoms with Crippen LogP contribution in [0.2, 0.25) is 0 Å². The quantitative estimate of drug-likeness (QED) is 0.485. The summed E-state index contributed by atoms with van der Waals surface area (Å²) in [6.07, 6.45) is 11.8. The molecule has 0 aromatic rings. The van der Waals surface area contributed by atoms with Crippen LogP contribution in [-0.2, 0) is 19.2 Å². The summed E-state index contributed by atoms with van der Waals surface area (Å²) in [7, 11) is 0. The maximum atomic E-state index is 13.0. The minimum absolute atomic E-state index is 0.0909. The molecule has 4 bridgehead atoms. The van der Waals surface area contributed by atoms with Crippen molar-refractivity contribution in [3.63, 3.8) is 0 Å². The Labute approximate surface area is 175 Å². The average molecular weight is 407 g/mol. The van der Waals surface area contributed by atoms with E-state index in [1.54, 1.807) is 11.0 Å². The van der Waals surface area contributed by atoms with Crippen LogP contribution in [0.5, 0.6) is 0 Å². The molecule has 4 amide bonds. The second kappa shape index (κ2) is 6.23. The fraction of sp³-hybridized carbons (Fsp3) is 0.565. The molecule has 4 aliphatic carbocycles. The van der Waals surface area contributed by atoms with E-state index in [9.17, 15) is 19.2 Å². The first-order valence-electron chi connectivity index (χ1n) is 10.9. The van der Waals surface area contributed by atoms with Crippen molar-refractivity contribution in [2.75, 3.05) is 19.9 Å². The van der Waals surface area contributed by atoms with E-state index in [0.717, 1.165) is 12.8 Å². The van der Waals surface area contributed by atoms with E-state index in [2.05, 4.69) is 30.9 Å². The van der Waals surface area contributed by atoms with Crippen LogP contribution >= 0.6 is 0 Å². The summed E-state index contributed by atoms with van der Waals surface area (Å²) < 4.78 is 0. The summed E-state index contributed by atoms with van der Waals surface area (Å²) in [5.41, 5.74) is 0. The Balaban J connectivity index is 1.19. The van der Waals surface area contributed by atoms with E-state index in [1.807, 2.05) is 0 Å². The molecule has 0 radical (unpaired) electrons. The molecule has 0 aromatic heterocycles. The first-order chi connectivity index (χ1) is 14.5. The second-order valence-electron chi connectivity index (χ2n) is 9.63. The minimum Gasteiger partial charge on any atom is -0.274 e. The van der Waals surface area contributed by atoms with Gasteiger partial charge in [-0.25, -0.2) is 0 Å². The van der Waals surface area contributed by atoms with E-state index in [-0.39, 0.29) is 84.3 Å². The summed E-state index contributed by atoms with van der Waals surface area (Å²) in [6.45, 7) is 4.34. The van der Waals surface area contributed by atoms with Gasteiger partial charge in [-0.1, -0.05) is 30.4 Å². The van der Waals surface area contributed by atoms with Crippen molar-refractivity contribution < 1.29 is 19.2 Å². The summed E-state index contributed by atoms with van der Waals surface area (Å²) in [5, 5.41) is 0. The lowest BCUT2D eigenvalue weighted by Crippen LogP contribution is -2.49. The van der Waals surface area contributed by atoms with E-state index < -0.39 is 0 Å². The van der Waals surface area contributed by atoms with Crippen molar-refractivity contribution >= 4 is 23.6 Å². The first-order valence-corrected chi connectivity index (χ1v) is 10.9. The summed E-state index contributed by atoms with van der Waals surface area (Å²) in [5.74, 6) is -0.772. The molecule has 6 aliphatic rings. The zero-order valence-corrected chi connectivity index (χ0v) is 16.7. The largest absolute Gasteiger partial charge is 0.274 e. The molecule has 7 nitrogen and oxygen atoms in total. The average Bonchev–Trinajstić information content (AvgIpc) is 3.55. The van der Waals surface area contributed by atoms with E-state index in [4.69, 9.17) is 0 Å². The van der Waals surface area contributed by atoms with Crippen LogP contribution in [0.3, 0.4) is 0 Å². The molecule has 6 rings (SSSR count). The third kappa shape index (κ3) is 2.24. The van der Waals surface area contributed by atoms with Gasteiger partial charge in [0.25, 0.3) is 0 Å². The van der Waals surface area contributed by atoms with Gasteiger partial charge in [-0.15, -0.1) is 6.58 Å². The molecule has 156 valence electrons. The molecule has 7 heteroatoms. The highest BCUT2D eigenvalue weighted by Crippen LogP contribution is 2.53. The van der Waals surface area contributed by atoms with E-state index in [1.165, 1.54) is 9.80 Å². The molecule has 0 aromatic carbocycles. The highest BCUT2D eigenvalue weighted by molar-refractivity contribution is 6.07. The molecule has 2 saturated carbocycles. The first kappa shape index (κ1) is 18.2. The molecule has 0 N–H and O–H groups in total. The number of fused-ring (bicyclic) bond motifs is 10. The predicted molar refractivity (Wildman–Crippen MR) is 106 cm³/mol. The smallest absolute Gasteiger partial charge is 0.234 e. The lowest BCUT2D eigenvalue weighted by molar-refractivity contribution is -0.146. The van der Waals surface area contributed by atoms with Crippen molar-refractivity contribution in [1.29, 1.82) is 0 Å². The lowest BCUT2D eigenvalue weighted by Gasteiger charge is -2.30. The maximum absolute atomic E-state index is 13.0. The lowest BCUT2D eigenvalue weighted by atomic mass is 9.85. The van der Waals surface area contributed by atoms with Crippen LogP contribution < -0.4 is 0 Å². The highest BCUT2D eigenvalue weighted by Gasteiger charge is 2.61. The number of likely N-dealkylation sites (tertiary alicyclic amines) is 2. The second-order valence-corrected chi connectivity index (χ2v) is 9.63. The molecule has 0 unspecified atom stereocenters. The molecule has 8 atom stereocenters. The molecule has 2 aliphatic heterocycles. The number of amides is 4. The topological polar surface area (TPSA) is 78.0 Å². The molecular formula is C23H25N3O4. The predicted octanol–water partition coefficient (Wildman–Crippen LogP) is 1.00. The molecule has 0 spiro atoms. The number of carbonyl (C=O) groups excluding carboxylic acids is 4. The fourth-order valence-corrected chi connectivity index (χ4v) is 6.95. The summed E-state index contributed by atoms with van der Waals surface area (Å²) >= 11 is 0. The molecule has 4 fully saturated rings. The van der Waals surface area contributed by atoms with E-state index in [0.29, 0.717) is 6.54 Å². The molecular weight excluding hydrogens is 382 g/mol. The number of rotatable bonds is 6. The van der Waals surface area contributed by atoms with Crippen molar-refractivity contribution in [2.24, 2.45) is 47.3 Å². The van der Waals surface area contributed by atoms with Gasteiger partial charge in [0, 0.05) is 6.54 Å². The summed E-state index contributed by atoms with van der Waals surface area (Å²) in [4.78, 5) is 56.5. The van der Waals surface area contributed by atoms with Crippen LogP contribution in [-0.4, -0.2) is 58.2 Å². The Bertz CT molecular complexity index is 809. The zero-order chi connectivity index (χ0) is 20.7. The van der Waals surface area contributed by atoms with Gasteiger partial charge in [0.2, 0.25) is 23.6 Å². The number of imide groups is 2. The van der Waals surface area contributed by atoms with Gasteiger partial charge in [-0.2, -0.15) is 0 Å². The normalized spacial score (nSPS) is 42.4. The number of carbonyl (C=O) groups is 4. The Hall–Kier alpha value is -2.54. The van der Waals surface area contributed by atoms with Crippen LogP contribution in [0.4, 0.5) is 0 Å². The van der Waals surface area contributed by atoms with E-state index >= 15 is 0 Å². The Morgan fingerprint density at radius 2 is 1.07 bits per heavy atom. The van der Waals surface area contributed by atoms with Crippen LogP contribution in [0.15, 0.2) is 37.0 Å². The minimum atomic E-state index is -0.241. The summed E-state index contributed by atoms with van der Waals surface area (Å²) in [6, 6.07) is 0. The standard InChI is InChI=1S/C23H25N3O4/c1-2-7-24(10-25-20(27)16-12-3-4-13(8-12)17(16)21(25)28)11-26-22(29)18-14-5-6-15(9-14)19(18)23(26)30/h2-6,12-19H,1,7-11H2/t12-,13-,14-,15-,16-,17+,18+,19+/m0/s1. The van der Waals surface area contributed by atoms with Crippen molar-refractivity contribution in [3.8, 4) is 0 Å². The number of hydrogen-bond acceptors (Lipinski definition) is 5. The zero-order valence-electron chi connectivity index (χ0n) is 16.7. The van der Waals surface area contributed by atoms with Crippen LogP contribution in [0.25, 0.3) is 0 Å². The van der Waals surface area contributed by atoms with Crippen molar-refractivity contribution in [1.82, 2.24) is 14.7 Å². The van der Waals surface area contributed by atoms with Crippen LogP contribution in [0.1, 0.15) is 12.8 Å². The monoisotopic (exact) mass is 407 g/mol. The van der Waals surface area contributed by atoms with Gasteiger partial charge in [0.15, 0.2) is 0 Å². The third-order valence-electron chi connectivity index (χ3n) is 8.19. The Kier molecular flexibility index (Phi) is 3.79. The molecule has 30 heavy (non-hydrogen) atoms. The third-order valence-corrected chi connectivity index (χ3v) is 8.19. The van der Waals surface area contributed by atoms with Gasteiger partial charge in [0.05, 0.1) is 37.0 Å². The van der Waals surface area contributed by atoms with Crippen LogP contribution in [0, 0.1) is 47.3 Å². The van der Waals surface area contributed by atoms with Gasteiger partial charge in [-0.3, -0.25) is 33.9 Å². The highest BCUT2D eigenvalue weighted by atomic mass is 16.2. The number of allylic oxidation sites excluding steroid dienone is 4. The Morgan fingerprint density at radius 3 is 1.37 bits per heavy atom. The number of nitrogens with zero attached hydrogens (tertiary/aromatic N) is 3. The molecule has 2 saturated heterocycles. The Morgan fingerprint density at radius 1 is 0.733 bits per heavy atom. The van der Waals surface area contributed by atoms with Crippen molar-refractivity contribution in [3.05, 3.63) is 37.0 Å². The van der Waals surface area contributed by atoms with Crippen molar-refractivity contribution in [2.45, 2.75) is 12.8 Å². The molecule has 2 heterocycles. The fourth-order valence-electron chi connectivity index (χ4n) is 6.95. The van der Waals surface area contributed by atoms with Gasteiger partial charge in [-0.05, 0) is 36.5 Å². The van der Waals surface area contributed by atoms with Gasteiger partial charge >= 0.3 is 0 Å². The SMILES string of the molecule is C=CCN(CN1C(=O)[C@@H]2[C@H](C1=O)[C@H]1C=C[C@H]2C1)CN1C(=O)[C@H]2[C@H](C1=O)[C@H]1C=C[C@H]2C1. The number of hydrogen-bond donors (Lipinski definition) is 0. The van der Waals surface area contributed by atoms with Gasteiger partial charge in [0.1, 0.15) is 0 Å².